The minimum atomic E-state index is -0.155. The standard InChI is InChI=1S/C24H21N11O/c1-33-13-19(11-29-33)18-9-27-24(28-10-18)34-5-6-36-20(14-34)15-35-23-22(31-32-35)26-12-21(30-23)17-4-2-3-16(7-17)8-25/h2-4,7,9-13,20H,5-6,14-15H2,1H3/t20-/m0/s1. The Hall–Kier alpha value is -4.76. The maximum Gasteiger partial charge on any atom is 0.225 e. The lowest BCUT2D eigenvalue weighted by Crippen LogP contribution is -2.45. The van der Waals surface area contributed by atoms with E-state index in [9.17, 15) is 5.26 Å². The van der Waals surface area contributed by atoms with Gasteiger partial charge in [0.2, 0.25) is 11.6 Å². The fraction of sp³-hybridized carbons (Fsp3) is 0.250. The van der Waals surface area contributed by atoms with Gasteiger partial charge in [0.1, 0.15) is 0 Å². The van der Waals surface area contributed by atoms with E-state index in [-0.39, 0.29) is 6.10 Å². The third-order valence-electron chi connectivity index (χ3n) is 5.99. The Morgan fingerprint density at radius 3 is 2.78 bits per heavy atom. The van der Waals surface area contributed by atoms with E-state index in [0.29, 0.717) is 54.7 Å². The second-order valence-electron chi connectivity index (χ2n) is 8.48. The lowest BCUT2D eigenvalue weighted by molar-refractivity contribution is 0.0273. The SMILES string of the molecule is Cn1cc(-c2cnc(N3CCO[C@H](Cn4nnc5ncc(-c6cccc(C#N)c6)nc54)C3)nc2)cn1. The average molecular weight is 480 g/mol. The van der Waals surface area contributed by atoms with Crippen molar-refractivity contribution in [3.8, 4) is 28.5 Å². The van der Waals surface area contributed by atoms with E-state index < -0.39 is 0 Å². The van der Waals surface area contributed by atoms with Crippen LogP contribution in [0.1, 0.15) is 5.56 Å². The molecule has 1 fully saturated rings. The normalized spacial score (nSPS) is 15.8. The van der Waals surface area contributed by atoms with Crippen molar-refractivity contribution in [2.75, 3.05) is 24.6 Å². The van der Waals surface area contributed by atoms with Gasteiger partial charge in [-0.3, -0.25) is 4.68 Å². The van der Waals surface area contributed by atoms with Crippen LogP contribution in [0, 0.1) is 11.3 Å². The lowest BCUT2D eigenvalue weighted by Gasteiger charge is -2.32. The van der Waals surface area contributed by atoms with E-state index in [1.807, 2.05) is 37.8 Å². The molecule has 0 bridgehead atoms. The molecule has 6 rings (SSSR count). The summed E-state index contributed by atoms with van der Waals surface area (Å²) in [5.41, 5.74) is 4.93. The second kappa shape index (κ2) is 9.12. The second-order valence-corrected chi connectivity index (χ2v) is 8.48. The molecule has 0 saturated carbocycles. The number of aromatic nitrogens is 9. The monoisotopic (exact) mass is 479 g/mol. The van der Waals surface area contributed by atoms with Crippen LogP contribution < -0.4 is 4.90 Å². The van der Waals surface area contributed by atoms with Crippen molar-refractivity contribution in [2.45, 2.75) is 12.6 Å². The van der Waals surface area contributed by atoms with Crippen LogP contribution in [0.3, 0.4) is 0 Å². The Kier molecular flexibility index (Phi) is 5.51. The molecule has 12 heteroatoms. The quantitative estimate of drug-likeness (QED) is 0.367. The first-order chi connectivity index (χ1) is 17.7. The first kappa shape index (κ1) is 21.8. The summed E-state index contributed by atoms with van der Waals surface area (Å²) in [5, 5.41) is 21.8. The van der Waals surface area contributed by atoms with E-state index in [1.54, 1.807) is 33.9 Å². The maximum absolute atomic E-state index is 9.20. The van der Waals surface area contributed by atoms with Crippen LogP contribution in [0.25, 0.3) is 33.7 Å². The Morgan fingerprint density at radius 1 is 1.08 bits per heavy atom. The van der Waals surface area contributed by atoms with E-state index in [2.05, 4.69) is 41.3 Å². The molecule has 0 spiro atoms. The minimum Gasteiger partial charge on any atom is -0.373 e. The van der Waals surface area contributed by atoms with Gasteiger partial charge in [-0.15, -0.1) is 5.10 Å². The van der Waals surface area contributed by atoms with Crippen LogP contribution in [0.4, 0.5) is 5.95 Å². The van der Waals surface area contributed by atoms with Crippen LogP contribution >= 0.6 is 0 Å². The van der Waals surface area contributed by atoms with Gasteiger partial charge in [-0.2, -0.15) is 10.4 Å². The van der Waals surface area contributed by atoms with Gasteiger partial charge in [0.05, 0.1) is 49.0 Å². The summed E-state index contributed by atoms with van der Waals surface area (Å²) in [5.74, 6) is 0.652. The molecular formula is C24H21N11O. The van der Waals surface area contributed by atoms with Crippen LogP contribution in [0.5, 0.6) is 0 Å². The number of rotatable bonds is 5. The number of hydrogen-bond acceptors (Lipinski definition) is 10. The Balaban J connectivity index is 1.20. The van der Waals surface area contributed by atoms with Gasteiger partial charge in [-0.25, -0.2) is 24.6 Å². The average Bonchev–Trinajstić information content (AvgIpc) is 3.55. The number of aryl methyl sites for hydroxylation is 1. The smallest absolute Gasteiger partial charge is 0.225 e. The third-order valence-corrected chi connectivity index (χ3v) is 5.99. The summed E-state index contributed by atoms with van der Waals surface area (Å²) >= 11 is 0. The molecule has 178 valence electrons. The maximum atomic E-state index is 9.20. The van der Waals surface area contributed by atoms with Gasteiger partial charge < -0.3 is 9.64 Å². The largest absolute Gasteiger partial charge is 0.373 e. The summed E-state index contributed by atoms with van der Waals surface area (Å²) in [6.07, 6.45) is 8.83. The summed E-state index contributed by atoms with van der Waals surface area (Å²) in [4.78, 5) is 20.4. The van der Waals surface area contributed by atoms with Gasteiger partial charge in [-0.1, -0.05) is 17.3 Å². The molecule has 5 aromatic rings. The fourth-order valence-electron chi connectivity index (χ4n) is 4.17. The number of benzene rings is 1. The minimum absolute atomic E-state index is 0.155. The van der Waals surface area contributed by atoms with E-state index in [1.165, 1.54) is 0 Å². The van der Waals surface area contributed by atoms with Crippen LogP contribution in [0.15, 0.2) is 55.2 Å². The van der Waals surface area contributed by atoms with Gasteiger partial charge >= 0.3 is 0 Å². The summed E-state index contributed by atoms with van der Waals surface area (Å²) in [7, 11) is 1.88. The molecule has 1 saturated heterocycles. The highest BCUT2D eigenvalue weighted by Gasteiger charge is 2.24. The lowest BCUT2D eigenvalue weighted by atomic mass is 10.1. The van der Waals surface area contributed by atoms with Gasteiger partial charge in [0.25, 0.3) is 0 Å². The highest BCUT2D eigenvalue weighted by Crippen LogP contribution is 2.22. The molecule has 1 aromatic carbocycles. The van der Waals surface area contributed by atoms with Crippen molar-refractivity contribution in [2.24, 2.45) is 7.05 Å². The van der Waals surface area contributed by atoms with Gasteiger partial charge in [0.15, 0.2) is 5.65 Å². The van der Waals surface area contributed by atoms with Crippen LogP contribution in [-0.2, 0) is 18.3 Å². The molecule has 0 unspecified atom stereocenters. The molecule has 5 heterocycles. The number of anilines is 1. The molecular weight excluding hydrogens is 458 g/mol. The zero-order valence-corrected chi connectivity index (χ0v) is 19.4. The molecule has 1 atom stereocenters. The Bertz CT molecular complexity index is 1570. The summed E-state index contributed by atoms with van der Waals surface area (Å²) in [6.45, 7) is 2.30. The number of nitriles is 1. The number of fused-ring (bicyclic) bond motifs is 1. The van der Waals surface area contributed by atoms with Gasteiger partial charge in [0, 0.05) is 55.4 Å². The molecule has 0 amide bonds. The van der Waals surface area contributed by atoms with Crippen LogP contribution in [-0.4, -0.2) is 70.5 Å². The molecule has 36 heavy (non-hydrogen) atoms. The number of morpholine rings is 1. The van der Waals surface area contributed by atoms with Crippen molar-refractivity contribution in [3.05, 3.63) is 60.8 Å². The Labute approximate surface area is 205 Å². The molecule has 1 aliphatic rings. The predicted molar refractivity (Wildman–Crippen MR) is 129 cm³/mol. The zero-order valence-electron chi connectivity index (χ0n) is 19.4. The van der Waals surface area contributed by atoms with E-state index in [4.69, 9.17) is 9.72 Å². The van der Waals surface area contributed by atoms with Gasteiger partial charge in [-0.05, 0) is 12.1 Å². The highest BCUT2D eigenvalue weighted by molar-refractivity contribution is 5.70. The molecule has 0 aliphatic carbocycles. The Morgan fingerprint density at radius 2 is 1.97 bits per heavy atom. The molecule has 0 N–H and O–H groups in total. The predicted octanol–water partition coefficient (Wildman–Crippen LogP) is 1.86. The van der Waals surface area contributed by atoms with Crippen molar-refractivity contribution < 1.29 is 4.74 Å². The zero-order chi connectivity index (χ0) is 24.5. The van der Waals surface area contributed by atoms with E-state index in [0.717, 1.165) is 16.7 Å². The first-order valence-electron chi connectivity index (χ1n) is 11.4. The fourth-order valence-corrected chi connectivity index (χ4v) is 4.17. The molecule has 4 aromatic heterocycles. The molecule has 12 nitrogen and oxygen atoms in total. The van der Waals surface area contributed by atoms with Crippen molar-refractivity contribution in [1.29, 1.82) is 5.26 Å². The van der Waals surface area contributed by atoms with Crippen molar-refractivity contribution in [3.63, 3.8) is 0 Å². The first-order valence-corrected chi connectivity index (χ1v) is 11.4. The van der Waals surface area contributed by atoms with E-state index >= 15 is 0 Å². The molecule has 1 aliphatic heterocycles. The third kappa shape index (κ3) is 4.23. The number of hydrogen-bond donors (Lipinski definition) is 0. The summed E-state index contributed by atoms with van der Waals surface area (Å²) < 4.78 is 9.47. The highest BCUT2D eigenvalue weighted by atomic mass is 16.5. The van der Waals surface area contributed by atoms with Crippen LogP contribution in [0.2, 0.25) is 0 Å². The number of ether oxygens (including phenoxy) is 1. The van der Waals surface area contributed by atoms with Crippen molar-refractivity contribution in [1.82, 2.24) is 44.7 Å². The summed E-state index contributed by atoms with van der Waals surface area (Å²) in [6, 6.07) is 9.41. The van der Waals surface area contributed by atoms with Crippen molar-refractivity contribution >= 4 is 17.2 Å². The molecule has 0 radical (unpaired) electrons. The topological polar surface area (TPSA) is 136 Å². The number of nitrogens with zero attached hydrogens (tertiary/aromatic N) is 11.